The molecule has 186 valence electrons. The van der Waals surface area contributed by atoms with Gasteiger partial charge in [-0.2, -0.15) is 0 Å². The fraction of sp³-hybridized carbons (Fsp3) is 0.280. The van der Waals surface area contributed by atoms with Gasteiger partial charge in [0, 0.05) is 32.8 Å². The zero-order valence-corrected chi connectivity index (χ0v) is 19.7. The van der Waals surface area contributed by atoms with Crippen LogP contribution in [-0.4, -0.2) is 29.3 Å². The fourth-order valence-corrected chi connectivity index (χ4v) is 5.14. The van der Waals surface area contributed by atoms with Crippen LogP contribution in [0.15, 0.2) is 57.0 Å². The Kier molecular flexibility index (Phi) is 5.13. The van der Waals surface area contributed by atoms with Crippen LogP contribution in [0.4, 0.5) is 8.78 Å². The van der Waals surface area contributed by atoms with Crippen LogP contribution in [0.3, 0.4) is 0 Å². The van der Waals surface area contributed by atoms with Crippen molar-refractivity contribution in [3.8, 4) is 5.69 Å². The fourth-order valence-electron chi connectivity index (χ4n) is 5.14. The number of benzene rings is 2. The zero-order chi connectivity index (χ0) is 26.1. The van der Waals surface area contributed by atoms with Gasteiger partial charge in [0.05, 0.1) is 22.8 Å². The minimum atomic E-state index is -3.12. The number of carboxylic acids is 1. The third kappa shape index (κ3) is 3.34. The van der Waals surface area contributed by atoms with Gasteiger partial charge in [-0.15, -0.1) is 0 Å². The molecule has 36 heavy (non-hydrogen) atoms. The predicted octanol–water partition coefficient (Wildman–Crippen LogP) is 2.54. The molecule has 0 saturated heterocycles. The molecule has 2 heterocycles. The van der Waals surface area contributed by atoms with Crippen LogP contribution in [0.5, 0.6) is 0 Å². The Morgan fingerprint density at radius 3 is 2.39 bits per heavy atom. The van der Waals surface area contributed by atoms with Crippen LogP contribution in [0.1, 0.15) is 46.4 Å². The molecule has 1 aliphatic carbocycles. The van der Waals surface area contributed by atoms with E-state index >= 15 is 0 Å². The number of hydrogen-bond donors (Lipinski definition) is 1. The van der Waals surface area contributed by atoms with Gasteiger partial charge < -0.3 is 5.11 Å². The predicted molar refractivity (Wildman–Crippen MR) is 127 cm³/mol. The van der Waals surface area contributed by atoms with E-state index in [4.69, 9.17) is 0 Å². The molecule has 2 aromatic carbocycles. The van der Waals surface area contributed by atoms with E-state index in [0.717, 1.165) is 22.3 Å². The molecule has 1 N–H and O–H groups in total. The summed E-state index contributed by atoms with van der Waals surface area (Å²) in [7, 11) is 3.17. The summed E-state index contributed by atoms with van der Waals surface area (Å²) in [6, 6.07) is 8.15. The van der Waals surface area contributed by atoms with Crippen molar-refractivity contribution in [3.63, 3.8) is 0 Å². The summed E-state index contributed by atoms with van der Waals surface area (Å²) in [5.74, 6) is -4.64. The number of carboxylic acid groups (broad SMARTS) is 1. The van der Waals surface area contributed by atoms with Gasteiger partial charge in [0.1, 0.15) is 5.56 Å². The number of aromatic carboxylic acids is 1. The second kappa shape index (κ2) is 7.87. The molecular weight excluding hydrogens is 474 g/mol. The number of aryl methyl sites for hydroxylation is 2. The van der Waals surface area contributed by atoms with Gasteiger partial charge in [0.2, 0.25) is 0 Å². The largest absolute Gasteiger partial charge is 0.477 e. The first kappa shape index (κ1) is 23.5. The van der Waals surface area contributed by atoms with Crippen LogP contribution in [0, 0.1) is 0 Å². The number of carbonyl (C=O) groups is 1. The molecule has 0 fully saturated rings. The molecule has 5 rings (SSSR count). The Morgan fingerprint density at radius 1 is 1.03 bits per heavy atom. The van der Waals surface area contributed by atoms with Crippen molar-refractivity contribution in [3.05, 3.63) is 96.2 Å². The summed E-state index contributed by atoms with van der Waals surface area (Å²) < 4.78 is 33.1. The number of fused-ring (bicyclic) bond motifs is 2. The Morgan fingerprint density at radius 2 is 1.72 bits per heavy atom. The molecule has 0 radical (unpaired) electrons. The zero-order valence-electron chi connectivity index (χ0n) is 19.7. The monoisotopic (exact) mass is 496 g/mol. The Labute approximate surface area is 202 Å². The highest BCUT2D eigenvalue weighted by Crippen LogP contribution is 2.40. The molecule has 0 saturated carbocycles. The number of halogens is 2. The summed E-state index contributed by atoms with van der Waals surface area (Å²) in [6.45, 7) is 0.785. The number of nitrogens with zero attached hydrogens (tertiary/aromatic N) is 4. The van der Waals surface area contributed by atoms with Crippen LogP contribution in [0.2, 0.25) is 0 Å². The lowest BCUT2D eigenvalue weighted by molar-refractivity contribution is 0.0166. The SMILES string of the molecule is Cn1c(=O)n(C)c2cc(-n3cc(C(=O)O)c(=O)n([C@@H]4CCc5c4cccc5C(C)(F)F)c3=O)ccc21. The minimum Gasteiger partial charge on any atom is -0.477 e. The molecule has 1 atom stereocenters. The quantitative estimate of drug-likeness (QED) is 0.467. The molecule has 1 aliphatic rings. The normalized spacial score (nSPS) is 15.4. The Bertz CT molecular complexity index is 1750. The Balaban J connectivity index is 1.77. The first-order valence-corrected chi connectivity index (χ1v) is 11.2. The third-order valence-electron chi connectivity index (χ3n) is 6.91. The lowest BCUT2D eigenvalue weighted by atomic mass is 9.98. The summed E-state index contributed by atoms with van der Waals surface area (Å²) in [5, 5.41) is 9.72. The van der Waals surface area contributed by atoms with Crippen molar-refractivity contribution < 1.29 is 18.7 Å². The van der Waals surface area contributed by atoms with Crippen LogP contribution in [0.25, 0.3) is 16.7 Å². The first-order valence-electron chi connectivity index (χ1n) is 11.2. The maximum absolute atomic E-state index is 14.2. The van der Waals surface area contributed by atoms with E-state index in [9.17, 15) is 33.1 Å². The second-order valence-electron chi connectivity index (χ2n) is 9.07. The van der Waals surface area contributed by atoms with Gasteiger partial charge in [-0.25, -0.2) is 23.2 Å². The number of hydrogen-bond acceptors (Lipinski definition) is 4. The van der Waals surface area contributed by atoms with Crippen molar-refractivity contribution in [1.82, 2.24) is 18.3 Å². The molecule has 11 heteroatoms. The maximum atomic E-state index is 14.2. The topological polar surface area (TPSA) is 108 Å². The molecule has 0 bridgehead atoms. The van der Waals surface area contributed by atoms with Gasteiger partial charge in [0.25, 0.3) is 11.5 Å². The van der Waals surface area contributed by atoms with E-state index in [1.165, 1.54) is 21.3 Å². The maximum Gasteiger partial charge on any atom is 0.342 e. The van der Waals surface area contributed by atoms with Crippen LogP contribution < -0.4 is 16.9 Å². The average molecular weight is 496 g/mol. The van der Waals surface area contributed by atoms with E-state index in [1.54, 1.807) is 38.4 Å². The van der Waals surface area contributed by atoms with Gasteiger partial charge in [-0.05, 0) is 42.2 Å². The van der Waals surface area contributed by atoms with E-state index in [0.29, 0.717) is 22.2 Å². The molecule has 9 nitrogen and oxygen atoms in total. The van der Waals surface area contributed by atoms with Crippen molar-refractivity contribution in [2.45, 2.75) is 31.7 Å². The second-order valence-corrected chi connectivity index (χ2v) is 9.07. The summed E-state index contributed by atoms with van der Waals surface area (Å²) in [6.07, 6.45) is 1.35. The highest BCUT2D eigenvalue weighted by atomic mass is 19.3. The van der Waals surface area contributed by atoms with Crippen molar-refractivity contribution >= 4 is 17.0 Å². The number of aromatic nitrogens is 4. The first-order chi connectivity index (χ1) is 16.9. The van der Waals surface area contributed by atoms with Crippen LogP contribution >= 0.6 is 0 Å². The van der Waals surface area contributed by atoms with Crippen molar-refractivity contribution in [2.24, 2.45) is 14.1 Å². The van der Waals surface area contributed by atoms with Gasteiger partial charge >= 0.3 is 17.3 Å². The van der Waals surface area contributed by atoms with E-state index < -0.39 is 34.7 Å². The third-order valence-corrected chi connectivity index (χ3v) is 6.91. The average Bonchev–Trinajstić information content (AvgIpc) is 3.33. The summed E-state index contributed by atoms with van der Waals surface area (Å²) in [5.41, 5.74) is -0.819. The molecule has 0 unspecified atom stereocenters. The lowest BCUT2D eigenvalue weighted by Gasteiger charge is -2.19. The number of rotatable bonds is 4. The molecular formula is C25H22F2N4O5. The number of imidazole rings is 1. The Hall–Kier alpha value is -4.28. The highest BCUT2D eigenvalue weighted by molar-refractivity contribution is 5.87. The van der Waals surface area contributed by atoms with Crippen molar-refractivity contribution in [2.75, 3.05) is 0 Å². The highest BCUT2D eigenvalue weighted by Gasteiger charge is 2.35. The van der Waals surface area contributed by atoms with Gasteiger partial charge in [0.15, 0.2) is 0 Å². The lowest BCUT2D eigenvalue weighted by Crippen LogP contribution is -2.43. The minimum absolute atomic E-state index is 0.180. The van der Waals surface area contributed by atoms with Gasteiger partial charge in [-0.3, -0.25) is 23.1 Å². The molecule has 0 amide bonds. The van der Waals surface area contributed by atoms with Crippen LogP contribution in [-0.2, 0) is 26.4 Å². The molecule has 2 aromatic heterocycles. The smallest absolute Gasteiger partial charge is 0.342 e. The summed E-state index contributed by atoms with van der Waals surface area (Å²) in [4.78, 5) is 51.1. The number of alkyl halides is 2. The van der Waals surface area contributed by atoms with E-state index in [2.05, 4.69) is 0 Å². The molecule has 0 aliphatic heterocycles. The van der Waals surface area contributed by atoms with E-state index in [1.807, 2.05) is 0 Å². The van der Waals surface area contributed by atoms with Gasteiger partial charge in [-0.1, -0.05) is 18.2 Å². The summed E-state index contributed by atoms with van der Waals surface area (Å²) >= 11 is 0. The standard InChI is InChI=1S/C25H22F2N4O5/c1-25(26,27)17-6-4-5-15-14(17)8-10-18(15)31-21(32)16(22(33)34)12-30(24(31)36)13-7-9-19-20(11-13)29(3)23(35)28(19)2/h4-7,9,11-12,18H,8,10H2,1-3H3,(H,33,34)/t18-/m1/s1. The molecule has 4 aromatic rings. The van der Waals surface area contributed by atoms with E-state index in [-0.39, 0.29) is 29.8 Å². The van der Waals surface area contributed by atoms with Crippen molar-refractivity contribution in [1.29, 1.82) is 0 Å². The molecule has 0 spiro atoms.